The largest absolute Gasteiger partial charge is 0.387 e. The number of sulfonamides is 1. The first-order chi connectivity index (χ1) is 7.92. The lowest BCUT2D eigenvalue weighted by Crippen LogP contribution is -2.24. The molecule has 1 unspecified atom stereocenters. The van der Waals surface area contributed by atoms with Gasteiger partial charge in [-0.1, -0.05) is 24.3 Å². The van der Waals surface area contributed by atoms with E-state index in [1.165, 1.54) is 0 Å². The lowest BCUT2D eigenvalue weighted by Gasteiger charge is -2.08. The molecule has 0 aliphatic heterocycles. The summed E-state index contributed by atoms with van der Waals surface area (Å²) in [7, 11) is -3.13. The number of halogens is 1. The summed E-state index contributed by atoms with van der Waals surface area (Å²) in [5.74, 6) is 0.162. The Hall–Kier alpha value is -0.620. The van der Waals surface area contributed by atoms with E-state index in [1.807, 2.05) is 12.1 Å². The Morgan fingerprint density at radius 2 is 1.94 bits per heavy atom. The zero-order valence-electron chi connectivity index (χ0n) is 9.56. The van der Waals surface area contributed by atoms with Gasteiger partial charge in [0.2, 0.25) is 10.0 Å². The molecule has 96 valence electrons. The molecule has 2 N–H and O–H groups in total. The molecule has 0 spiro atoms. The zero-order valence-corrected chi connectivity index (χ0v) is 11.1. The monoisotopic (exact) mass is 277 g/mol. The molecule has 0 radical (unpaired) electrons. The summed E-state index contributed by atoms with van der Waals surface area (Å²) in [6, 6.07) is 7.30. The van der Waals surface area contributed by atoms with Gasteiger partial charge in [0.15, 0.2) is 0 Å². The number of nitrogens with one attached hydrogen (secondary N) is 1. The van der Waals surface area contributed by atoms with Crippen LogP contribution in [0.4, 0.5) is 0 Å². The Bertz CT molecular complexity index is 444. The van der Waals surface area contributed by atoms with Crippen LogP contribution in [0.3, 0.4) is 0 Å². The van der Waals surface area contributed by atoms with E-state index in [0.717, 1.165) is 17.4 Å². The molecule has 0 amide bonds. The van der Waals surface area contributed by atoms with Crippen LogP contribution in [-0.4, -0.2) is 32.2 Å². The Balaban J connectivity index is 2.51. The van der Waals surface area contributed by atoms with Crippen LogP contribution in [0.25, 0.3) is 0 Å². The highest BCUT2D eigenvalue weighted by Gasteiger charge is 2.05. The van der Waals surface area contributed by atoms with Crippen LogP contribution >= 0.6 is 11.6 Å². The van der Waals surface area contributed by atoms with Gasteiger partial charge in [0.1, 0.15) is 0 Å². The van der Waals surface area contributed by atoms with Gasteiger partial charge >= 0.3 is 0 Å². The maximum absolute atomic E-state index is 10.8. The normalized spacial score (nSPS) is 13.6. The fraction of sp³-hybridized carbons (Fsp3) is 0.455. The molecule has 1 aromatic rings. The highest BCUT2D eigenvalue weighted by Crippen LogP contribution is 2.15. The van der Waals surface area contributed by atoms with Crippen LogP contribution in [0.2, 0.25) is 0 Å². The molecule has 4 nitrogen and oxygen atoms in total. The Labute approximate surface area is 107 Å². The SMILES string of the molecule is CS(=O)(=O)NCCc1ccc(C(O)CCl)cc1. The molecular weight excluding hydrogens is 262 g/mol. The van der Waals surface area contributed by atoms with Gasteiger partial charge in [-0.25, -0.2) is 13.1 Å². The second-order valence-electron chi connectivity index (χ2n) is 3.83. The van der Waals surface area contributed by atoms with Crippen molar-refractivity contribution in [1.82, 2.24) is 4.72 Å². The third-order valence-corrected chi connectivity index (χ3v) is 3.31. The highest BCUT2D eigenvalue weighted by atomic mass is 35.5. The maximum atomic E-state index is 10.8. The number of hydrogen-bond donors (Lipinski definition) is 2. The molecule has 0 saturated carbocycles. The van der Waals surface area contributed by atoms with E-state index in [0.29, 0.717) is 13.0 Å². The van der Waals surface area contributed by atoms with Crippen LogP contribution in [0.15, 0.2) is 24.3 Å². The fourth-order valence-electron chi connectivity index (χ4n) is 1.38. The lowest BCUT2D eigenvalue weighted by atomic mass is 10.1. The summed E-state index contributed by atoms with van der Waals surface area (Å²) in [6.45, 7) is 0.371. The first-order valence-electron chi connectivity index (χ1n) is 5.20. The molecule has 1 aromatic carbocycles. The van der Waals surface area contributed by atoms with Gasteiger partial charge in [0.05, 0.1) is 18.2 Å². The number of rotatable bonds is 6. The van der Waals surface area contributed by atoms with Gasteiger partial charge in [-0.15, -0.1) is 11.6 Å². The lowest BCUT2D eigenvalue weighted by molar-refractivity contribution is 0.202. The predicted octanol–water partition coefficient (Wildman–Crippen LogP) is 1.05. The highest BCUT2D eigenvalue weighted by molar-refractivity contribution is 7.88. The Morgan fingerprint density at radius 1 is 1.35 bits per heavy atom. The maximum Gasteiger partial charge on any atom is 0.208 e. The molecular formula is C11H16ClNO3S. The summed E-state index contributed by atoms with van der Waals surface area (Å²) in [6.07, 6.45) is 1.09. The standard InChI is InChI=1S/C11H16ClNO3S/c1-17(15,16)13-7-6-9-2-4-10(5-3-9)11(14)8-12/h2-5,11,13-14H,6-8H2,1H3. The van der Waals surface area contributed by atoms with Crippen LogP contribution in [0.5, 0.6) is 0 Å². The summed E-state index contributed by atoms with van der Waals surface area (Å²) in [4.78, 5) is 0. The summed E-state index contributed by atoms with van der Waals surface area (Å²) in [5.41, 5.74) is 1.77. The molecule has 0 aliphatic carbocycles. The van der Waals surface area contributed by atoms with Crippen molar-refractivity contribution in [2.24, 2.45) is 0 Å². The summed E-state index contributed by atoms with van der Waals surface area (Å²) in [5, 5.41) is 9.48. The quantitative estimate of drug-likeness (QED) is 0.764. The molecule has 0 bridgehead atoms. The van der Waals surface area contributed by atoms with Crippen molar-refractivity contribution in [3.8, 4) is 0 Å². The third-order valence-electron chi connectivity index (χ3n) is 2.29. The van der Waals surface area contributed by atoms with Gasteiger partial charge < -0.3 is 5.11 Å². The van der Waals surface area contributed by atoms with Crippen molar-refractivity contribution in [2.75, 3.05) is 18.7 Å². The molecule has 6 heteroatoms. The molecule has 1 rings (SSSR count). The van der Waals surface area contributed by atoms with Crippen molar-refractivity contribution in [3.05, 3.63) is 35.4 Å². The van der Waals surface area contributed by atoms with E-state index < -0.39 is 16.1 Å². The molecule has 0 aromatic heterocycles. The number of aliphatic hydroxyl groups is 1. The Morgan fingerprint density at radius 3 is 2.41 bits per heavy atom. The molecule has 1 atom stereocenters. The topological polar surface area (TPSA) is 66.4 Å². The summed E-state index contributed by atoms with van der Waals surface area (Å²) < 4.78 is 24.1. The van der Waals surface area contributed by atoms with Crippen LogP contribution in [-0.2, 0) is 16.4 Å². The van der Waals surface area contributed by atoms with Gasteiger partial charge in [0, 0.05) is 6.54 Å². The number of benzene rings is 1. The minimum Gasteiger partial charge on any atom is -0.387 e. The minimum atomic E-state index is -3.13. The van der Waals surface area contributed by atoms with Crippen molar-refractivity contribution < 1.29 is 13.5 Å². The predicted molar refractivity (Wildman–Crippen MR) is 68.7 cm³/mol. The molecule has 0 aliphatic rings. The molecule has 0 heterocycles. The molecule has 17 heavy (non-hydrogen) atoms. The van der Waals surface area contributed by atoms with Gasteiger partial charge in [0.25, 0.3) is 0 Å². The van der Waals surface area contributed by atoms with E-state index in [4.69, 9.17) is 11.6 Å². The minimum absolute atomic E-state index is 0.162. The van der Waals surface area contributed by atoms with Crippen LogP contribution < -0.4 is 4.72 Å². The van der Waals surface area contributed by atoms with E-state index >= 15 is 0 Å². The number of alkyl halides is 1. The smallest absolute Gasteiger partial charge is 0.208 e. The summed E-state index contributed by atoms with van der Waals surface area (Å²) >= 11 is 5.53. The van der Waals surface area contributed by atoms with Crippen molar-refractivity contribution in [3.63, 3.8) is 0 Å². The number of hydrogen-bond acceptors (Lipinski definition) is 3. The van der Waals surface area contributed by atoms with Gasteiger partial charge in [-0.3, -0.25) is 0 Å². The van der Waals surface area contributed by atoms with E-state index in [1.54, 1.807) is 12.1 Å². The molecule has 0 saturated heterocycles. The number of aliphatic hydroxyl groups excluding tert-OH is 1. The van der Waals surface area contributed by atoms with Crippen LogP contribution in [0, 0.1) is 0 Å². The first-order valence-corrected chi connectivity index (χ1v) is 7.62. The second-order valence-corrected chi connectivity index (χ2v) is 5.97. The van der Waals surface area contributed by atoms with Crippen molar-refractivity contribution in [2.45, 2.75) is 12.5 Å². The van der Waals surface area contributed by atoms with E-state index in [9.17, 15) is 13.5 Å². The Kier molecular flexibility index (Phi) is 5.39. The van der Waals surface area contributed by atoms with E-state index in [-0.39, 0.29) is 5.88 Å². The fourth-order valence-corrected chi connectivity index (χ4v) is 2.03. The average molecular weight is 278 g/mol. The first kappa shape index (κ1) is 14.4. The average Bonchev–Trinajstić information content (AvgIpc) is 2.27. The van der Waals surface area contributed by atoms with E-state index in [2.05, 4.69) is 4.72 Å². The molecule has 0 fully saturated rings. The van der Waals surface area contributed by atoms with Crippen molar-refractivity contribution in [1.29, 1.82) is 0 Å². The second kappa shape index (κ2) is 6.35. The van der Waals surface area contributed by atoms with Gasteiger partial charge in [-0.2, -0.15) is 0 Å². The van der Waals surface area contributed by atoms with Crippen LogP contribution in [0.1, 0.15) is 17.2 Å². The van der Waals surface area contributed by atoms with Crippen molar-refractivity contribution >= 4 is 21.6 Å². The third kappa shape index (κ3) is 5.50. The van der Waals surface area contributed by atoms with Gasteiger partial charge in [-0.05, 0) is 17.5 Å². The zero-order chi connectivity index (χ0) is 12.9.